The van der Waals surface area contributed by atoms with E-state index in [4.69, 9.17) is 21.3 Å². The van der Waals surface area contributed by atoms with Crippen molar-refractivity contribution in [3.05, 3.63) is 64.7 Å². The van der Waals surface area contributed by atoms with E-state index in [1.165, 1.54) is 5.56 Å². The van der Waals surface area contributed by atoms with Crippen LogP contribution in [-0.4, -0.2) is 62.3 Å². The van der Waals surface area contributed by atoms with E-state index >= 15 is 0 Å². The molecule has 0 saturated carbocycles. The summed E-state index contributed by atoms with van der Waals surface area (Å²) in [5.74, 6) is 0.585. The summed E-state index contributed by atoms with van der Waals surface area (Å²) in [5.41, 5.74) is 4.90. The highest BCUT2D eigenvalue weighted by Crippen LogP contribution is 2.25. The SMILES string of the molecule is C/C=C(Cl)\C1=N/C(C)Nc2cccc(c2)CCc2cc(ccc2NC(=O)NCCN2CCOCC2)N1. The van der Waals surface area contributed by atoms with Crippen LogP contribution in [0.3, 0.4) is 0 Å². The van der Waals surface area contributed by atoms with Crippen molar-refractivity contribution >= 4 is 40.5 Å². The zero-order valence-electron chi connectivity index (χ0n) is 20.9. The molecule has 1 atom stereocenters. The molecule has 1 saturated heterocycles. The fourth-order valence-electron chi connectivity index (χ4n) is 4.31. The van der Waals surface area contributed by atoms with Crippen LogP contribution in [0.4, 0.5) is 21.9 Å². The molecule has 2 heterocycles. The number of anilines is 3. The maximum Gasteiger partial charge on any atom is 0.319 e. The van der Waals surface area contributed by atoms with Gasteiger partial charge in [-0.05, 0) is 68.1 Å². The Balaban J connectivity index is 1.52. The Kier molecular flexibility index (Phi) is 9.22. The molecule has 2 aromatic carbocycles. The van der Waals surface area contributed by atoms with Crippen molar-refractivity contribution in [2.75, 3.05) is 55.3 Å². The molecule has 4 bridgehead atoms. The van der Waals surface area contributed by atoms with Crippen LogP contribution in [0, 0.1) is 0 Å². The van der Waals surface area contributed by atoms with Crippen molar-refractivity contribution < 1.29 is 9.53 Å². The number of hydrogen-bond acceptors (Lipinski definition) is 6. The van der Waals surface area contributed by atoms with Gasteiger partial charge in [0.15, 0.2) is 0 Å². The van der Waals surface area contributed by atoms with Crippen molar-refractivity contribution in [2.24, 2.45) is 4.99 Å². The number of aliphatic imine (C=N–C) groups is 1. The zero-order valence-corrected chi connectivity index (χ0v) is 21.7. The van der Waals surface area contributed by atoms with Crippen molar-refractivity contribution in [3.8, 4) is 0 Å². The van der Waals surface area contributed by atoms with Gasteiger partial charge in [0.1, 0.15) is 12.0 Å². The van der Waals surface area contributed by atoms with Gasteiger partial charge in [-0.15, -0.1) is 0 Å². The fraction of sp³-hybridized carbons (Fsp3) is 0.407. The zero-order chi connectivity index (χ0) is 25.3. The second-order valence-corrected chi connectivity index (χ2v) is 9.37. The lowest BCUT2D eigenvalue weighted by Crippen LogP contribution is -2.42. The second-order valence-electron chi connectivity index (χ2n) is 8.97. The van der Waals surface area contributed by atoms with Gasteiger partial charge in [0, 0.05) is 43.2 Å². The van der Waals surface area contributed by atoms with Crippen LogP contribution in [0.25, 0.3) is 0 Å². The molecular formula is C27H35ClN6O2. The van der Waals surface area contributed by atoms with E-state index < -0.39 is 0 Å². The average Bonchev–Trinajstić information content (AvgIpc) is 2.88. The van der Waals surface area contributed by atoms with E-state index in [1.807, 2.05) is 44.2 Å². The van der Waals surface area contributed by atoms with Crippen LogP contribution < -0.4 is 21.3 Å². The summed E-state index contributed by atoms with van der Waals surface area (Å²) in [6.07, 6.45) is 3.24. The van der Waals surface area contributed by atoms with Gasteiger partial charge in [-0.2, -0.15) is 0 Å². The first-order chi connectivity index (χ1) is 17.5. The van der Waals surface area contributed by atoms with Gasteiger partial charge in [-0.1, -0.05) is 29.8 Å². The topological polar surface area (TPSA) is 90.0 Å². The number of aryl methyl sites for hydroxylation is 2. The molecule has 2 aliphatic rings. The van der Waals surface area contributed by atoms with Crippen LogP contribution in [-0.2, 0) is 17.6 Å². The van der Waals surface area contributed by atoms with Gasteiger partial charge in [-0.3, -0.25) is 4.90 Å². The minimum atomic E-state index is -0.206. The molecule has 0 spiro atoms. The molecule has 1 unspecified atom stereocenters. The predicted molar refractivity (Wildman–Crippen MR) is 148 cm³/mol. The smallest absolute Gasteiger partial charge is 0.319 e. The first-order valence-electron chi connectivity index (χ1n) is 12.5. The Hall–Kier alpha value is -3.07. The molecule has 2 aromatic rings. The Morgan fingerprint density at radius 1 is 1.19 bits per heavy atom. The molecule has 0 aromatic heterocycles. The first kappa shape index (κ1) is 26.0. The van der Waals surface area contributed by atoms with Gasteiger partial charge >= 0.3 is 6.03 Å². The van der Waals surface area contributed by atoms with Crippen molar-refractivity contribution in [1.82, 2.24) is 10.2 Å². The van der Waals surface area contributed by atoms with Crippen LogP contribution in [0.2, 0.25) is 0 Å². The number of hydrogen-bond donors (Lipinski definition) is 4. The fourth-order valence-corrected chi connectivity index (χ4v) is 4.40. The van der Waals surface area contributed by atoms with Crippen LogP contribution in [0.15, 0.2) is 58.6 Å². The lowest BCUT2D eigenvalue weighted by atomic mass is 10.0. The van der Waals surface area contributed by atoms with E-state index in [0.717, 1.165) is 68.3 Å². The number of benzene rings is 2. The van der Waals surface area contributed by atoms with E-state index in [2.05, 4.69) is 44.4 Å². The first-order valence-corrected chi connectivity index (χ1v) is 12.9. The van der Waals surface area contributed by atoms with Crippen molar-refractivity contribution in [3.63, 3.8) is 0 Å². The maximum atomic E-state index is 12.7. The number of amides is 2. The summed E-state index contributed by atoms with van der Waals surface area (Å²) >= 11 is 6.48. The minimum Gasteiger partial charge on any atom is -0.379 e. The van der Waals surface area contributed by atoms with Crippen LogP contribution >= 0.6 is 11.6 Å². The molecule has 0 aliphatic carbocycles. The second kappa shape index (κ2) is 12.8. The number of morpholine rings is 1. The number of urea groups is 1. The van der Waals surface area contributed by atoms with E-state index in [9.17, 15) is 4.79 Å². The largest absolute Gasteiger partial charge is 0.379 e. The molecule has 4 N–H and O–H groups in total. The summed E-state index contributed by atoms with van der Waals surface area (Å²) in [4.78, 5) is 19.7. The Labute approximate surface area is 218 Å². The Morgan fingerprint density at radius 2 is 2.03 bits per heavy atom. The summed E-state index contributed by atoms with van der Waals surface area (Å²) in [6.45, 7) is 8.57. The molecular weight excluding hydrogens is 476 g/mol. The number of nitrogens with zero attached hydrogens (tertiary/aromatic N) is 2. The number of carbonyl (C=O) groups excluding carboxylic acids is 1. The third kappa shape index (κ3) is 7.46. The summed E-state index contributed by atoms with van der Waals surface area (Å²) in [6, 6.07) is 14.0. The number of nitrogens with one attached hydrogen (secondary N) is 4. The predicted octanol–water partition coefficient (Wildman–Crippen LogP) is 4.65. The van der Waals surface area contributed by atoms with Crippen LogP contribution in [0.5, 0.6) is 0 Å². The normalized spacial score (nSPS) is 20.4. The van der Waals surface area contributed by atoms with Crippen molar-refractivity contribution in [1.29, 1.82) is 0 Å². The summed E-state index contributed by atoms with van der Waals surface area (Å²) in [7, 11) is 0. The molecule has 192 valence electrons. The van der Waals surface area contributed by atoms with E-state index in [1.54, 1.807) is 0 Å². The number of ether oxygens (including phenoxy) is 1. The number of halogens is 1. The highest BCUT2D eigenvalue weighted by Gasteiger charge is 2.14. The maximum absolute atomic E-state index is 12.7. The molecule has 4 rings (SSSR count). The monoisotopic (exact) mass is 510 g/mol. The number of amidine groups is 1. The third-order valence-electron chi connectivity index (χ3n) is 6.22. The van der Waals surface area contributed by atoms with Gasteiger partial charge < -0.3 is 26.0 Å². The quantitative estimate of drug-likeness (QED) is 0.470. The molecule has 1 fully saturated rings. The number of rotatable bonds is 5. The lowest BCUT2D eigenvalue weighted by molar-refractivity contribution is 0.0388. The number of carbonyl (C=O) groups is 1. The standard InChI is InChI=1S/C27H35ClN6O2/c1-3-24(28)26-31-19(2)30-22-6-4-5-20(17-22)7-8-21-18-23(32-26)9-10-25(21)33-27(35)29-11-12-34-13-15-36-16-14-34/h3-6,9-10,17-19,30H,7-8,11-16H2,1-2H3,(H,31,32)(H2,29,33,35)/b24-3+. The minimum absolute atomic E-state index is 0.182. The van der Waals surface area contributed by atoms with E-state index in [0.29, 0.717) is 17.4 Å². The Morgan fingerprint density at radius 3 is 2.83 bits per heavy atom. The van der Waals surface area contributed by atoms with Crippen LogP contribution in [0.1, 0.15) is 25.0 Å². The lowest BCUT2D eigenvalue weighted by Gasteiger charge is -2.26. The van der Waals surface area contributed by atoms with Crippen molar-refractivity contribution in [2.45, 2.75) is 32.9 Å². The van der Waals surface area contributed by atoms with Gasteiger partial charge in [0.25, 0.3) is 0 Å². The molecule has 8 nitrogen and oxygen atoms in total. The average molecular weight is 511 g/mol. The number of fused-ring (bicyclic) bond motifs is 4. The summed E-state index contributed by atoms with van der Waals surface area (Å²) in [5, 5.41) is 13.3. The highest BCUT2D eigenvalue weighted by molar-refractivity contribution is 6.44. The van der Waals surface area contributed by atoms with Gasteiger partial charge in [0.05, 0.1) is 18.2 Å². The number of allylic oxidation sites excluding steroid dienone is 1. The van der Waals surface area contributed by atoms with E-state index in [-0.39, 0.29) is 12.2 Å². The van der Waals surface area contributed by atoms with Gasteiger partial charge in [-0.25, -0.2) is 9.79 Å². The molecule has 36 heavy (non-hydrogen) atoms. The molecule has 0 radical (unpaired) electrons. The Bertz CT molecular complexity index is 1110. The molecule has 2 aliphatic heterocycles. The van der Waals surface area contributed by atoms with Gasteiger partial charge in [0.2, 0.25) is 0 Å². The molecule has 9 heteroatoms. The molecule has 2 amide bonds. The highest BCUT2D eigenvalue weighted by atomic mass is 35.5. The summed E-state index contributed by atoms with van der Waals surface area (Å²) < 4.78 is 5.38. The third-order valence-corrected chi connectivity index (χ3v) is 6.62.